The highest BCUT2D eigenvalue weighted by Gasteiger charge is 2.45. The second kappa shape index (κ2) is 7.63. The minimum absolute atomic E-state index is 0.0151. The number of halogens is 1. The van der Waals surface area contributed by atoms with Crippen LogP contribution >= 0.6 is 11.6 Å². The SMILES string of the molecule is CC(=O)N1CCC(C(=O)N2CCC3(CC2)CC(=O)c2cc(Cl)cc(C)c2O3)CC1. The number of benzene rings is 1. The molecule has 0 atom stereocenters. The molecule has 0 saturated carbocycles. The van der Waals surface area contributed by atoms with Gasteiger partial charge in [0.05, 0.1) is 12.0 Å². The summed E-state index contributed by atoms with van der Waals surface area (Å²) in [6.45, 7) is 5.98. The smallest absolute Gasteiger partial charge is 0.225 e. The van der Waals surface area contributed by atoms with Gasteiger partial charge in [0.1, 0.15) is 11.4 Å². The molecule has 0 aromatic heterocycles. The van der Waals surface area contributed by atoms with Crippen molar-refractivity contribution in [1.29, 1.82) is 0 Å². The predicted molar refractivity (Wildman–Crippen MR) is 109 cm³/mol. The number of Topliss-reactive ketones (excluding diaryl/α,β-unsaturated/α-hetero) is 1. The van der Waals surface area contributed by atoms with Crippen LogP contribution in [0.2, 0.25) is 5.02 Å². The molecular weight excluding hydrogens is 392 g/mol. The van der Waals surface area contributed by atoms with Crippen molar-refractivity contribution in [2.45, 2.75) is 51.6 Å². The van der Waals surface area contributed by atoms with E-state index in [0.29, 0.717) is 61.8 Å². The van der Waals surface area contributed by atoms with E-state index in [2.05, 4.69) is 0 Å². The van der Waals surface area contributed by atoms with Gasteiger partial charge in [0.15, 0.2) is 5.78 Å². The molecule has 3 heterocycles. The second-order valence-electron chi connectivity index (χ2n) is 8.59. The van der Waals surface area contributed by atoms with Crippen molar-refractivity contribution in [1.82, 2.24) is 9.80 Å². The maximum absolute atomic E-state index is 13.0. The van der Waals surface area contributed by atoms with Crippen molar-refractivity contribution < 1.29 is 19.1 Å². The van der Waals surface area contributed by atoms with Gasteiger partial charge < -0.3 is 14.5 Å². The van der Waals surface area contributed by atoms with Gasteiger partial charge >= 0.3 is 0 Å². The van der Waals surface area contributed by atoms with E-state index in [1.807, 2.05) is 22.8 Å². The van der Waals surface area contributed by atoms with Crippen LogP contribution < -0.4 is 4.74 Å². The standard InChI is InChI=1S/C22H27ClN2O4/c1-14-11-17(23)12-18-19(27)13-22(29-20(14)18)5-9-25(10-6-22)21(28)16-3-7-24(8-4-16)15(2)26/h11-12,16H,3-10,13H2,1-2H3. The van der Waals surface area contributed by atoms with Crippen molar-refractivity contribution in [2.24, 2.45) is 5.92 Å². The third kappa shape index (κ3) is 3.87. The highest BCUT2D eigenvalue weighted by molar-refractivity contribution is 6.31. The highest BCUT2D eigenvalue weighted by atomic mass is 35.5. The minimum Gasteiger partial charge on any atom is -0.486 e. The Morgan fingerprint density at radius 3 is 2.38 bits per heavy atom. The largest absolute Gasteiger partial charge is 0.486 e. The van der Waals surface area contributed by atoms with E-state index in [1.54, 1.807) is 13.0 Å². The molecule has 0 unspecified atom stereocenters. The molecule has 2 fully saturated rings. The van der Waals surface area contributed by atoms with Gasteiger partial charge in [-0.1, -0.05) is 11.6 Å². The van der Waals surface area contributed by atoms with Crippen molar-refractivity contribution in [2.75, 3.05) is 26.2 Å². The number of hydrogen-bond acceptors (Lipinski definition) is 4. The Kier molecular flexibility index (Phi) is 5.32. The van der Waals surface area contributed by atoms with E-state index in [-0.39, 0.29) is 23.5 Å². The van der Waals surface area contributed by atoms with E-state index >= 15 is 0 Å². The van der Waals surface area contributed by atoms with Gasteiger partial charge in [0.2, 0.25) is 11.8 Å². The quantitative estimate of drug-likeness (QED) is 0.702. The first-order valence-corrected chi connectivity index (χ1v) is 10.7. The summed E-state index contributed by atoms with van der Waals surface area (Å²) in [5.74, 6) is 0.939. The van der Waals surface area contributed by atoms with Gasteiger partial charge in [-0.2, -0.15) is 0 Å². The molecule has 1 aromatic rings. The Bertz CT molecular complexity index is 853. The predicted octanol–water partition coefficient (Wildman–Crippen LogP) is 3.23. The third-order valence-corrected chi connectivity index (χ3v) is 6.84. The molecule has 0 aliphatic carbocycles. The molecule has 4 rings (SSSR count). The fraction of sp³-hybridized carbons (Fsp3) is 0.591. The Morgan fingerprint density at radius 2 is 1.76 bits per heavy atom. The number of rotatable bonds is 1. The summed E-state index contributed by atoms with van der Waals surface area (Å²) in [5.41, 5.74) is 0.907. The molecule has 0 bridgehead atoms. The van der Waals surface area contributed by atoms with E-state index in [4.69, 9.17) is 16.3 Å². The summed E-state index contributed by atoms with van der Waals surface area (Å²) in [5, 5.41) is 0.547. The second-order valence-corrected chi connectivity index (χ2v) is 9.03. The first-order chi connectivity index (χ1) is 13.8. The molecule has 3 aliphatic heterocycles. The van der Waals surface area contributed by atoms with Crippen molar-refractivity contribution >= 4 is 29.2 Å². The first-order valence-electron chi connectivity index (χ1n) is 10.3. The van der Waals surface area contributed by atoms with Crippen LogP contribution in [0.25, 0.3) is 0 Å². The maximum atomic E-state index is 13.0. The average molecular weight is 419 g/mol. The molecule has 2 saturated heterocycles. The topological polar surface area (TPSA) is 66.9 Å². The number of piperidine rings is 2. The summed E-state index contributed by atoms with van der Waals surface area (Å²) >= 11 is 6.10. The Hall–Kier alpha value is -2.08. The maximum Gasteiger partial charge on any atom is 0.225 e. The van der Waals surface area contributed by atoms with Crippen LogP contribution in [0.1, 0.15) is 54.9 Å². The number of carbonyl (C=O) groups excluding carboxylic acids is 3. The summed E-state index contributed by atoms with van der Waals surface area (Å²) < 4.78 is 6.37. The average Bonchev–Trinajstić information content (AvgIpc) is 2.69. The summed E-state index contributed by atoms with van der Waals surface area (Å²) in [6, 6.07) is 3.50. The molecule has 7 heteroatoms. The number of ether oxygens (including phenoxy) is 1. The van der Waals surface area contributed by atoms with Crippen molar-refractivity contribution in [3.8, 4) is 5.75 Å². The van der Waals surface area contributed by atoms with Gasteiger partial charge in [-0.25, -0.2) is 0 Å². The van der Waals surface area contributed by atoms with Gasteiger partial charge in [-0.3, -0.25) is 14.4 Å². The van der Waals surface area contributed by atoms with Crippen LogP contribution in [-0.2, 0) is 9.59 Å². The van der Waals surface area contributed by atoms with E-state index in [9.17, 15) is 14.4 Å². The van der Waals surface area contributed by atoms with Gasteiger partial charge in [0.25, 0.3) is 0 Å². The fourth-order valence-electron chi connectivity index (χ4n) is 4.83. The lowest BCUT2D eigenvalue weighted by molar-refractivity contribution is -0.143. The van der Waals surface area contributed by atoms with Gasteiger partial charge in [0, 0.05) is 56.9 Å². The van der Waals surface area contributed by atoms with Crippen molar-refractivity contribution in [3.05, 3.63) is 28.3 Å². The number of ketones is 1. The zero-order valence-electron chi connectivity index (χ0n) is 17.0. The lowest BCUT2D eigenvalue weighted by Gasteiger charge is -2.45. The number of nitrogens with zero attached hydrogens (tertiary/aromatic N) is 2. The molecule has 6 nitrogen and oxygen atoms in total. The van der Waals surface area contributed by atoms with Crippen LogP contribution in [-0.4, -0.2) is 59.2 Å². The Morgan fingerprint density at radius 1 is 1.10 bits per heavy atom. The molecule has 0 N–H and O–H groups in total. The molecular formula is C22H27ClN2O4. The van der Waals surface area contributed by atoms with Crippen LogP contribution in [0.5, 0.6) is 5.75 Å². The zero-order chi connectivity index (χ0) is 20.8. The molecule has 29 heavy (non-hydrogen) atoms. The van der Waals surface area contributed by atoms with E-state index in [1.165, 1.54) is 0 Å². The number of carbonyl (C=O) groups is 3. The molecule has 1 spiro atoms. The first kappa shape index (κ1) is 20.2. The van der Waals surface area contributed by atoms with Crippen LogP contribution in [0.15, 0.2) is 12.1 Å². The molecule has 156 valence electrons. The zero-order valence-corrected chi connectivity index (χ0v) is 17.8. The number of likely N-dealkylation sites (tertiary alicyclic amines) is 2. The Labute approximate surface area is 176 Å². The highest BCUT2D eigenvalue weighted by Crippen LogP contribution is 2.42. The van der Waals surface area contributed by atoms with Gasteiger partial charge in [-0.05, 0) is 37.5 Å². The molecule has 2 amide bonds. The van der Waals surface area contributed by atoms with Crippen LogP contribution in [0, 0.1) is 12.8 Å². The molecule has 3 aliphatic rings. The van der Waals surface area contributed by atoms with E-state index < -0.39 is 5.60 Å². The van der Waals surface area contributed by atoms with Crippen LogP contribution in [0.3, 0.4) is 0 Å². The number of fused-ring (bicyclic) bond motifs is 1. The summed E-state index contributed by atoms with van der Waals surface area (Å²) in [6.07, 6.45) is 3.08. The van der Waals surface area contributed by atoms with E-state index in [0.717, 1.165) is 18.4 Å². The number of hydrogen-bond donors (Lipinski definition) is 0. The number of aryl methyl sites for hydroxylation is 1. The van der Waals surface area contributed by atoms with Gasteiger partial charge in [-0.15, -0.1) is 0 Å². The minimum atomic E-state index is -0.530. The number of amides is 2. The molecule has 1 aromatic carbocycles. The van der Waals surface area contributed by atoms with Crippen LogP contribution in [0.4, 0.5) is 0 Å². The molecule has 0 radical (unpaired) electrons. The Balaban J connectivity index is 1.40. The monoisotopic (exact) mass is 418 g/mol. The summed E-state index contributed by atoms with van der Waals surface area (Å²) in [4.78, 5) is 40.9. The van der Waals surface area contributed by atoms with Crippen molar-refractivity contribution in [3.63, 3.8) is 0 Å². The normalized spacial score (nSPS) is 21.7. The lowest BCUT2D eigenvalue weighted by Crippen LogP contribution is -2.54. The summed E-state index contributed by atoms with van der Waals surface area (Å²) in [7, 11) is 0. The third-order valence-electron chi connectivity index (χ3n) is 6.62. The fourth-order valence-corrected chi connectivity index (χ4v) is 5.10. The lowest BCUT2D eigenvalue weighted by atomic mass is 9.81.